The number of carbonyl (C=O) groups is 1. The summed E-state index contributed by atoms with van der Waals surface area (Å²) in [5.41, 5.74) is 0.912. The SMILES string of the molecule is O=C(COc1ccccc1F)N1CCc2oncc2C1. The van der Waals surface area contributed by atoms with Gasteiger partial charge in [0.15, 0.2) is 18.2 Å². The fourth-order valence-electron chi connectivity index (χ4n) is 2.15. The minimum atomic E-state index is -0.472. The van der Waals surface area contributed by atoms with Crippen molar-refractivity contribution in [2.24, 2.45) is 0 Å². The van der Waals surface area contributed by atoms with E-state index in [1.54, 1.807) is 23.2 Å². The number of rotatable bonds is 3. The summed E-state index contributed by atoms with van der Waals surface area (Å²) in [7, 11) is 0. The first-order valence-electron chi connectivity index (χ1n) is 6.31. The van der Waals surface area contributed by atoms with Crippen LogP contribution in [0.2, 0.25) is 0 Å². The fourth-order valence-corrected chi connectivity index (χ4v) is 2.15. The van der Waals surface area contributed by atoms with E-state index in [1.165, 1.54) is 12.1 Å². The van der Waals surface area contributed by atoms with Gasteiger partial charge in [0, 0.05) is 18.5 Å². The van der Waals surface area contributed by atoms with Crippen molar-refractivity contribution in [3.8, 4) is 5.75 Å². The van der Waals surface area contributed by atoms with Crippen LogP contribution in [0.5, 0.6) is 5.75 Å². The standard InChI is InChI=1S/C14H13FN2O3/c15-11-3-1-2-4-13(11)19-9-14(18)17-6-5-12-10(8-17)7-16-20-12/h1-4,7H,5-6,8-9H2. The Kier molecular flexibility index (Phi) is 3.37. The Bertz CT molecular complexity index is 626. The van der Waals surface area contributed by atoms with Crippen molar-refractivity contribution in [3.63, 3.8) is 0 Å². The van der Waals surface area contributed by atoms with Gasteiger partial charge in [-0.3, -0.25) is 4.79 Å². The van der Waals surface area contributed by atoms with Gasteiger partial charge in [-0.1, -0.05) is 17.3 Å². The Morgan fingerprint density at radius 2 is 2.30 bits per heavy atom. The predicted molar refractivity (Wildman–Crippen MR) is 67.5 cm³/mol. The molecule has 0 bridgehead atoms. The molecule has 0 fully saturated rings. The molecule has 2 aromatic rings. The molecule has 0 unspecified atom stereocenters. The summed E-state index contributed by atoms with van der Waals surface area (Å²) in [4.78, 5) is 13.7. The van der Waals surface area contributed by atoms with Crippen LogP contribution in [0, 0.1) is 5.82 Å². The maximum Gasteiger partial charge on any atom is 0.260 e. The molecule has 5 nitrogen and oxygen atoms in total. The van der Waals surface area contributed by atoms with Crippen LogP contribution in [-0.4, -0.2) is 29.1 Å². The van der Waals surface area contributed by atoms with Gasteiger partial charge >= 0.3 is 0 Å². The average Bonchev–Trinajstić information content (AvgIpc) is 2.93. The summed E-state index contributed by atoms with van der Waals surface area (Å²) in [6, 6.07) is 6.02. The third-order valence-electron chi connectivity index (χ3n) is 3.24. The fraction of sp³-hybridized carbons (Fsp3) is 0.286. The molecule has 0 radical (unpaired) electrons. The van der Waals surface area contributed by atoms with Gasteiger partial charge in [0.05, 0.1) is 12.7 Å². The molecule has 0 aliphatic carbocycles. The number of carbonyl (C=O) groups excluding carboxylic acids is 1. The summed E-state index contributed by atoms with van der Waals surface area (Å²) < 4.78 is 23.6. The van der Waals surface area contributed by atoms with Crippen LogP contribution in [0.25, 0.3) is 0 Å². The molecule has 20 heavy (non-hydrogen) atoms. The highest BCUT2D eigenvalue weighted by molar-refractivity contribution is 5.78. The zero-order valence-electron chi connectivity index (χ0n) is 10.7. The van der Waals surface area contributed by atoms with Crippen molar-refractivity contribution < 1.29 is 18.4 Å². The molecule has 0 saturated heterocycles. The lowest BCUT2D eigenvalue weighted by atomic mass is 10.1. The first-order valence-corrected chi connectivity index (χ1v) is 6.31. The van der Waals surface area contributed by atoms with Crippen molar-refractivity contribution in [1.29, 1.82) is 0 Å². The Morgan fingerprint density at radius 3 is 3.15 bits per heavy atom. The van der Waals surface area contributed by atoms with Gasteiger partial charge < -0.3 is 14.2 Å². The van der Waals surface area contributed by atoms with E-state index >= 15 is 0 Å². The van der Waals surface area contributed by atoms with Gasteiger partial charge in [-0.25, -0.2) is 4.39 Å². The summed E-state index contributed by atoms with van der Waals surface area (Å²) in [6.07, 6.45) is 2.26. The number of halogens is 1. The highest BCUT2D eigenvalue weighted by atomic mass is 19.1. The molecule has 1 aliphatic heterocycles. The van der Waals surface area contributed by atoms with Crippen LogP contribution in [0.4, 0.5) is 4.39 Å². The third-order valence-corrected chi connectivity index (χ3v) is 3.24. The molecule has 2 heterocycles. The van der Waals surface area contributed by atoms with Gasteiger partial charge in [0.25, 0.3) is 5.91 Å². The monoisotopic (exact) mass is 276 g/mol. The topological polar surface area (TPSA) is 55.6 Å². The summed E-state index contributed by atoms with van der Waals surface area (Å²) in [5.74, 6) is 0.257. The second-order valence-corrected chi connectivity index (χ2v) is 4.56. The first-order chi connectivity index (χ1) is 9.74. The van der Waals surface area contributed by atoms with Crippen LogP contribution in [0.15, 0.2) is 35.0 Å². The normalized spacial score (nSPS) is 13.9. The van der Waals surface area contributed by atoms with Crippen LogP contribution < -0.4 is 4.74 Å². The van der Waals surface area contributed by atoms with Crippen LogP contribution in [0.3, 0.4) is 0 Å². The van der Waals surface area contributed by atoms with Gasteiger partial charge in [0.1, 0.15) is 5.76 Å². The number of nitrogens with zero attached hydrogens (tertiary/aromatic N) is 2. The van der Waals surface area contributed by atoms with Crippen LogP contribution in [-0.2, 0) is 17.8 Å². The van der Waals surface area contributed by atoms with Gasteiger partial charge in [-0.05, 0) is 12.1 Å². The van der Waals surface area contributed by atoms with Crippen molar-refractivity contribution in [2.75, 3.05) is 13.2 Å². The van der Waals surface area contributed by atoms with Crippen LogP contribution in [0.1, 0.15) is 11.3 Å². The van der Waals surface area contributed by atoms with E-state index in [1.807, 2.05) is 0 Å². The molecule has 0 spiro atoms. The molecule has 1 aliphatic rings. The first kappa shape index (κ1) is 12.7. The van der Waals surface area contributed by atoms with Crippen LogP contribution >= 0.6 is 0 Å². The molecule has 0 N–H and O–H groups in total. The van der Waals surface area contributed by atoms with Crippen molar-refractivity contribution in [3.05, 3.63) is 47.6 Å². The number of benzene rings is 1. The molecule has 104 valence electrons. The Balaban J connectivity index is 1.59. The maximum absolute atomic E-state index is 13.4. The lowest BCUT2D eigenvalue weighted by Gasteiger charge is -2.25. The minimum absolute atomic E-state index is 0.0866. The van der Waals surface area contributed by atoms with E-state index in [4.69, 9.17) is 9.26 Å². The average molecular weight is 276 g/mol. The molecular formula is C14H13FN2O3. The molecule has 1 aromatic carbocycles. The van der Waals surface area contributed by atoms with E-state index in [2.05, 4.69) is 5.16 Å². The predicted octanol–water partition coefficient (Wildman–Crippen LogP) is 1.78. The van der Waals surface area contributed by atoms with Gasteiger partial charge in [0.2, 0.25) is 0 Å². The second kappa shape index (κ2) is 5.32. The highest BCUT2D eigenvalue weighted by Crippen LogP contribution is 2.19. The minimum Gasteiger partial charge on any atom is -0.481 e. The molecule has 0 atom stereocenters. The van der Waals surface area contributed by atoms with E-state index in [-0.39, 0.29) is 18.3 Å². The number of aromatic nitrogens is 1. The van der Waals surface area contributed by atoms with Crippen molar-refractivity contribution in [1.82, 2.24) is 10.1 Å². The lowest BCUT2D eigenvalue weighted by molar-refractivity contribution is -0.134. The van der Waals surface area contributed by atoms with Crippen molar-refractivity contribution in [2.45, 2.75) is 13.0 Å². The molecule has 0 saturated carbocycles. The van der Waals surface area contributed by atoms with E-state index in [9.17, 15) is 9.18 Å². The third kappa shape index (κ3) is 2.49. The lowest BCUT2D eigenvalue weighted by Crippen LogP contribution is -2.38. The van der Waals surface area contributed by atoms with Gasteiger partial charge in [-0.2, -0.15) is 0 Å². The van der Waals surface area contributed by atoms with E-state index in [0.717, 1.165) is 11.3 Å². The van der Waals surface area contributed by atoms with E-state index < -0.39 is 5.82 Å². The Hall–Kier alpha value is -2.37. The second-order valence-electron chi connectivity index (χ2n) is 4.56. The molecule has 1 amide bonds. The molecular weight excluding hydrogens is 263 g/mol. The largest absolute Gasteiger partial charge is 0.481 e. The van der Waals surface area contributed by atoms with E-state index in [0.29, 0.717) is 19.5 Å². The molecule has 1 aromatic heterocycles. The number of hydrogen-bond acceptors (Lipinski definition) is 4. The Labute approximate surface area is 114 Å². The zero-order valence-corrected chi connectivity index (χ0v) is 10.7. The molecule has 6 heteroatoms. The Morgan fingerprint density at radius 1 is 1.45 bits per heavy atom. The molecule has 3 rings (SSSR count). The highest BCUT2D eigenvalue weighted by Gasteiger charge is 2.23. The number of ether oxygens (including phenoxy) is 1. The summed E-state index contributed by atoms with van der Waals surface area (Å²) >= 11 is 0. The zero-order chi connectivity index (χ0) is 13.9. The maximum atomic E-state index is 13.4. The smallest absolute Gasteiger partial charge is 0.260 e. The van der Waals surface area contributed by atoms with Crippen molar-refractivity contribution >= 4 is 5.91 Å². The summed E-state index contributed by atoms with van der Waals surface area (Å²) in [5, 5.41) is 3.71. The number of amides is 1. The summed E-state index contributed by atoms with van der Waals surface area (Å²) in [6.45, 7) is 0.835. The number of para-hydroxylation sites is 1. The number of fused-ring (bicyclic) bond motifs is 1. The quantitative estimate of drug-likeness (QED) is 0.857. The number of hydrogen-bond donors (Lipinski definition) is 0. The van der Waals surface area contributed by atoms with Gasteiger partial charge in [-0.15, -0.1) is 0 Å².